The third-order valence-electron chi connectivity index (χ3n) is 4.63. The average molecular weight is 275 g/mol. The normalized spacial score (nSPS) is 26.2. The fourth-order valence-corrected chi connectivity index (χ4v) is 3.49. The molecule has 2 aliphatic rings. The van der Waals surface area contributed by atoms with Gasteiger partial charge in [0, 0.05) is 36.4 Å². The van der Waals surface area contributed by atoms with Crippen molar-refractivity contribution in [2.75, 3.05) is 18.4 Å². The van der Waals surface area contributed by atoms with E-state index in [9.17, 15) is 10.1 Å². The molecule has 0 spiro atoms. The van der Waals surface area contributed by atoms with Crippen LogP contribution in [0.5, 0.6) is 0 Å². The van der Waals surface area contributed by atoms with Crippen LogP contribution in [0.1, 0.15) is 31.2 Å². The molecule has 108 valence electrons. The van der Waals surface area contributed by atoms with E-state index in [4.69, 9.17) is 0 Å². The third kappa shape index (κ3) is 2.50. The van der Waals surface area contributed by atoms with Crippen LogP contribution in [-0.4, -0.2) is 35.0 Å². The molecule has 2 saturated heterocycles. The molecule has 1 N–H and O–H groups in total. The number of hydrogen-bond acceptors (Lipinski definition) is 4. The Kier molecular flexibility index (Phi) is 3.61. The summed E-state index contributed by atoms with van der Waals surface area (Å²) in [6.45, 7) is 4.35. The van der Waals surface area contributed by atoms with Crippen molar-refractivity contribution in [2.45, 2.75) is 44.7 Å². The fourth-order valence-electron chi connectivity index (χ4n) is 3.49. The van der Waals surface area contributed by atoms with Crippen LogP contribution in [0.15, 0.2) is 18.2 Å². The maximum atomic E-state index is 10.9. The first-order valence-corrected chi connectivity index (χ1v) is 7.41. The molecule has 0 bridgehead atoms. The zero-order valence-electron chi connectivity index (χ0n) is 11.8. The van der Waals surface area contributed by atoms with E-state index in [1.807, 2.05) is 13.0 Å². The number of nitrogens with zero attached hydrogens (tertiary/aromatic N) is 2. The van der Waals surface area contributed by atoms with Gasteiger partial charge in [-0.1, -0.05) is 12.5 Å². The first-order valence-electron chi connectivity index (χ1n) is 7.41. The number of nitro groups is 1. The second-order valence-corrected chi connectivity index (χ2v) is 5.89. The molecule has 0 saturated carbocycles. The van der Waals surface area contributed by atoms with Gasteiger partial charge in [-0.2, -0.15) is 0 Å². The van der Waals surface area contributed by atoms with Gasteiger partial charge in [0.1, 0.15) is 0 Å². The number of piperidine rings is 1. The Bertz CT molecular complexity index is 518. The molecule has 2 fully saturated rings. The van der Waals surface area contributed by atoms with Gasteiger partial charge in [0.05, 0.1) is 4.92 Å². The maximum Gasteiger partial charge on any atom is 0.271 e. The van der Waals surface area contributed by atoms with E-state index < -0.39 is 0 Å². The fraction of sp³-hybridized carbons (Fsp3) is 0.600. The van der Waals surface area contributed by atoms with Gasteiger partial charge in [0.2, 0.25) is 0 Å². The summed E-state index contributed by atoms with van der Waals surface area (Å²) in [6, 6.07) is 6.09. The van der Waals surface area contributed by atoms with Crippen LogP contribution >= 0.6 is 0 Å². The van der Waals surface area contributed by atoms with E-state index in [-0.39, 0.29) is 10.6 Å². The van der Waals surface area contributed by atoms with Crippen LogP contribution < -0.4 is 5.32 Å². The van der Waals surface area contributed by atoms with Crippen molar-refractivity contribution >= 4 is 11.4 Å². The minimum atomic E-state index is -0.327. The average Bonchev–Trinajstić information content (AvgIpc) is 2.84. The molecule has 1 aromatic carbocycles. The molecule has 1 aromatic rings. The summed E-state index contributed by atoms with van der Waals surface area (Å²) in [4.78, 5) is 13.1. The van der Waals surface area contributed by atoms with Crippen molar-refractivity contribution in [3.63, 3.8) is 0 Å². The Morgan fingerprint density at radius 1 is 1.30 bits per heavy atom. The third-order valence-corrected chi connectivity index (χ3v) is 4.63. The Balaban J connectivity index is 1.77. The van der Waals surface area contributed by atoms with Gasteiger partial charge in [0.25, 0.3) is 5.69 Å². The van der Waals surface area contributed by atoms with E-state index in [1.165, 1.54) is 25.8 Å². The minimum absolute atomic E-state index is 0.164. The Morgan fingerprint density at radius 3 is 2.95 bits per heavy atom. The van der Waals surface area contributed by atoms with E-state index >= 15 is 0 Å². The van der Waals surface area contributed by atoms with Gasteiger partial charge in [-0.25, -0.2) is 0 Å². The first kappa shape index (κ1) is 13.4. The smallest absolute Gasteiger partial charge is 0.271 e. The molecule has 2 heterocycles. The largest absolute Gasteiger partial charge is 0.380 e. The summed E-state index contributed by atoms with van der Waals surface area (Å²) in [5, 5.41) is 14.5. The zero-order valence-corrected chi connectivity index (χ0v) is 11.8. The predicted octanol–water partition coefficient (Wildman–Crippen LogP) is 2.94. The lowest BCUT2D eigenvalue weighted by Gasteiger charge is -2.33. The molecule has 2 unspecified atom stereocenters. The quantitative estimate of drug-likeness (QED) is 0.680. The van der Waals surface area contributed by atoms with Crippen LogP contribution in [0, 0.1) is 17.0 Å². The lowest BCUT2D eigenvalue weighted by molar-refractivity contribution is -0.384. The summed E-state index contributed by atoms with van der Waals surface area (Å²) >= 11 is 0. The number of nitro benzene ring substituents is 1. The molecule has 0 amide bonds. The van der Waals surface area contributed by atoms with Crippen molar-refractivity contribution in [1.29, 1.82) is 0 Å². The van der Waals surface area contributed by atoms with Gasteiger partial charge in [-0.15, -0.1) is 0 Å². The Labute approximate surface area is 119 Å². The molecule has 5 nitrogen and oxygen atoms in total. The molecule has 2 atom stereocenters. The topological polar surface area (TPSA) is 58.4 Å². The van der Waals surface area contributed by atoms with Crippen molar-refractivity contribution in [2.24, 2.45) is 0 Å². The summed E-state index contributed by atoms with van der Waals surface area (Å²) < 4.78 is 0. The monoisotopic (exact) mass is 275 g/mol. The van der Waals surface area contributed by atoms with Gasteiger partial charge in [0.15, 0.2) is 0 Å². The number of rotatable bonds is 3. The molecule has 0 radical (unpaired) electrons. The molecule has 5 heteroatoms. The highest BCUT2D eigenvalue weighted by molar-refractivity contribution is 5.57. The number of aryl methyl sites for hydroxylation is 1. The second-order valence-electron chi connectivity index (χ2n) is 5.89. The predicted molar refractivity (Wildman–Crippen MR) is 79.1 cm³/mol. The molecule has 0 aliphatic carbocycles. The van der Waals surface area contributed by atoms with Gasteiger partial charge >= 0.3 is 0 Å². The summed E-state index contributed by atoms with van der Waals surface area (Å²) in [5.41, 5.74) is 2.15. The first-order chi connectivity index (χ1) is 9.65. The van der Waals surface area contributed by atoms with Crippen LogP contribution in [0.4, 0.5) is 11.4 Å². The number of non-ortho nitro benzene ring substituents is 1. The Morgan fingerprint density at radius 2 is 2.15 bits per heavy atom. The van der Waals surface area contributed by atoms with Gasteiger partial charge < -0.3 is 5.32 Å². The lowest BCUT2D eigenvalue weighted by atomic mass is 9.98. The van der Waals surface area contributed by atoms with Crippen LogP contribution in [-0.2, 0) is 0 Å². The van der Waals surface area contributed by atoms with Gasteiger partial charge in [-0.05, 0) is 38.3 Å². The SMILES string of the molecule is Cc1ccc([N+](=O)[O-])cc1NC1CCN2CCCCC12. The molecular weight excluding hydrogens is 254 g/mol. The van der Waals surface area contributed by atoms with E-state index in [2.05, 4.69) is 10.2 Å². The zero-order chi connectivity index (χ0) is 14.1. The molecule has 0 aromatic heterocycles. The number of hydrogen-bond donors (Lipinski definition) is 1. The van der Waals surface area contributed by atoms with Crippen LogP contribution in [0.3, 0.4) is 0 Å². The van der Waals surface area contributed by atoms with Gasteiger partial charge in [-0.3, -0.25) is 15.0 Å². The lowest BCUT2D eigenvalue weighted by Crippen LogP contribution is -2.41. The summed E-state index contributed by atoms with van der Waals surface area (Å²) in [6.07, 6.45) is 4.98. The second kappa shape index (κ2) is 5.40. The van der Waals surface area contributed by atoms with Crippen molar-refractivity contribution in [1.82, 2.24) is 4.90 Å². The number of anilines is 1. The van der Waals surface area contributed by atoms with E-state index in [1.54, 1.807) is 12.1 Å². The number of fused-ring (bicyclic) bond motifs is 1. The molecule has 2 aliphatic heterocycles. The van der Waals surface area contributed by atoms with Crippen molar-refractivity contribution in [3.8, 4) is 0 Å². The van der Waals surface area contributed by atoms with E-state index in [0.717, 1.165) is 24.2 Å². The maximum absolute atomic E-state index is 10.9. The highest BCUT2D eigenvalue weighted by Crippen LogP contribution is 2.31. The Hall–Kier alpha value is -1.62. The molecule has 3 rings (SSSR count). The van der Waals surface area contributed by atoms with Crippen LogP contribution in [0.25, 0.3) is 0 Å². The van der Waals surface area contributed by atoms with Crippen molar-refractivity contribution in [3.05, 3.63) is 33.9 Å². The van der Waals surface area contributed by atoms with E-state index in [0.29, 0.717) is 12.1 Å². The highest BCUT2D eigenvalue weighted by Gasteiger charge is 2.35. The number of nitrogens with one attached hydrogen (secondary N) is 1. The standard InChI is InChI=1S/C15H21N3O2/c1-11-5-6-12(18(19)20)10-14(11)16-13-7-9-17-8-3-2-4-15(13)17/h5-6,10,13,15-16H,2-4,7-9H2,1H3. The minimum Gasteiger partial charge on any atom is -0.380 e. The number of benzene rings is 1. The van der Waals surface area contributed by atoms with Crippen molar-refractivity contribution < 1.29 is 4.92 Å². The summed E-state index contributed by atoms with van der Waals surface area (Å²) in [7, 11) is 0. The molecular formula is C15H21N3O2. The van der Waals surface area contributed by atoms with Crippen LogP contribution in [0.2, 0.25) is 0 Å². The highest BCUT2D eigenvalue weighted by atomic mass is 16.6. The molecule has 20 heavy (non-hydrogen) atoms. The summed E-state index contributed by atoms with van der Waals surface area (Å²) in [5.74, 6) is 0.